The molecule has 2 aromatic carbocycles. The molecule has 0 radical (unpaired) electrons. The first-order valence-electron chi connectivity index (χ1n) is 11.0. The molecule has 10 nitrogen and oxygen atoms in total. The van der Waals surface area contributed by atoms with Crippen LogP contribution in [0.3, 0.4) is 0 Å². The van der Waals surface area contributed by atoms with Crippen LogP contribution >= 0.6 is 0 Å². The van der Waals surface area contributed by atoms with Gasteiger partial charge in [0.25, 0.3) is 6.29 Å². The summed E-state index contributed by atoms with van der Waals surface area (Å²) in [6, 6.07) is 15.7. The number of fused-ring (bicyclic) bond motifs is 5. The average Bonchev–Trinajstić information content (AvgIpc) is 3.49. The normalized spacial score (nSPS) is 26.6. The third-order valence-electron chi connectivity index (χ3n) is 6.14. The van der Waals surface area contributed by atoms with E-state index >= 15 is 0 Å². The minimum absolute atomic E-state index is 0.360. The lowest BCUT2D eigenvalue weighted by atomic mass is 9.76. The Labute approximate surface area is 200 Å². The fourth-order valence-corrected chi connectivity index (χ4v) is 4.75. The zero-order chi connectivity index (χ0) is 24.7. The Hall–Kier alpha value is -4.18. The van der Waals surface area contributed by atoms with Crippen molar-refractivity contribution < 1.29 is 33.4 Å². The Morgan fingerprint density at radius 3 is 2.11 bits per heavy atom. The first kappa shape index (κ1) is 22.6. The number of nitrogens with zero attached hydrogens (tertiary/aromatic N) is 3. The Balaban J connectivity index is 1.42. The molecule has 0 unspecified atom stereocenters. The molecule has 2 fully saturated rings. The summed E-state index contributed by atoms with van der Waals surface area (Å²) in [6.07, 6.45) is 0.945. The molecule has 3 heterocycles. The number of carbonyl (C=O) groups excluding carboxylic acids is 4. The van der Waals surface area contributed by atoms with Gasteiger partial charge in [-0.2, -0.15) is 10.2 Å². The summed E-state index contributed by atoms with van der Waals surface area (Å²) in [7, 11) is 0. The van der Waals surface area contributed by atoms with Crippen molar-refractivity contribution in [1.29, 1.82) is 0 Å². The van der Waals surface area contributed by atoms with Crippen LogP contribution in [0.5, 0.6) is 0 Å². The third kappa shape index (κ3) is 3.81. The van der Waals surface area contributed by atoms with Crippen LogP contribution in [0.2, 0.25) is 0 Å². The van der Waals surface area contributed by atoms with Crippen LogP contribution in [-0.2, 0) is 33.4 Å². The second-order valence-corrected chi connectivity index (χ2v) is 8.41. The topological polar surface area (TPSA) is 124 Å². The van der Waals surface area contributed by atoms with Crippen LogP contribution in [0.15, 0.2) is 77.0 Å². The van der Waals surface area contributed by atoms with E-state index in [1.165, 1.54) is 6.08 Å². The monoisotopic (exact) mass is 475 g/mol. The number of benzene rings is 2. The second-order valence-electron chi connectivity index (χ2n) is 8.41. The van der Waals surface area contributed by atoms with Crippen molar-refractivity contribution in [2.45, 2.75) is 31.8 Å². The number of imide groups is 1. The highest BCUT2D eigenvalue weighted by Crippen LogP contribution is 2.54. The summed E-state index contributed by atoms with van der Waals surface area (Å²) in [5.74, 6) is -4.27. The Morgan fingerprint density at radius 1 is 0.914 bits per heavy atom. The SMILES string of the molecule is CC(=O)OC(OC(C)=O)[C@@]12C=C[C@@H](O1)[C@H]1C(=O)N(c3ccc(N=Nc4ccccc4)cc3)C(=O)[C@@H]12. The maximum atomic E-state index is 13.5. The van der Waals surface area contributed by atoms with Crippen LogP contribution < -0.4 is 4.90 Å². The summed E-state index contributed by atoms with van der Waals surface area (Å²) < 4.78 is 16.4. The van der Waals surface area contributed by atoms with Crippen LogP contribution in [-0.4, -0.2) is 41.7 Å². The van der Waals surface area contributed by atoms with E-state index in [0.29, 0.717) is 17.1 Å². The van der Waals surface area contributed by atoms with Crippen molar-refractivity contribution in [3.8, 4) is 0 Å². The van der Waals surface area contributed by atoms with E-state index in [4.69, 9.17) is 14.2 Å². The largest absolute Gasteiger partial charge is 0.422 e. The number of hydrogen-bond donors (Lipinski definition) is 0. The number of ether oxygens (including phenoxy) is 3. The molecular formula is C25H21N3O7. The molecule has 2 bridgehead atoms. The van der Waals surface area contributed by atoms with E-state index < -0.39 is 53.6 Å². The van der Waals surface area contributed by atoms with E-state index in [0.717, 1.165) is 18.7 Å². The maximum absolute atomic E-state index is 13.5. The number of esters is 2. The van der Waals surface area contributed by atoms with Gasteiger partial charge in [-0.05, 0) is 42.5 Å². The highest BCUT2D eigenvalue weighted by atomic mass is 16.7. The average molecular weight is 475 g/mol. The van der Waals surface area contributed by atoms with Gasteiger partial charge in [-0.25, -0.2) is 4.90 Å². The highest BCUT2D eigenvalue weighted by Gasteiger charge is 2.72. The number of amides is 2. The van der Waals surface area contributed by atoms with Gasteiger partial charge >= 0.3 is 11.9 Å². The molecule has 0 N–H and O–H groups in total. The fourth-order valence-electron chi connectivity index (χ4n) is 4.75. The fraction of sp³-hybridized carbons (Fsp3) is 0.280. The molecule has 0 saturated carbocycles. The smallest absolute Gasteiger partial charge is 0.305 e. The number of carbonyl (C=O) groups is 4. The number of anilines is 1. The van der Waals surface area contributed by atoms with Gasteiger partial charge in [0.05, 0.1) is 35.0 Å². The zero-order valence-electron chi connectivity index (χ0n) is 18.9. The molecule has 2 amide bonds. The third-order valence-corrected chi connectivity index (χ3v) is 6.14. The van der Waals surface area contributed by atoms with E-state index in [1.54, 1.807) is 30.3 Å². The standard InChI is InChI=1S/C25H21N3O7/c1-14(29)33-24(34-15(2)30)25-13-12-19(35-25)20-21(25)23(32)28(22(20)31)18-10-8-17(9-11-18)27-26-16-6-4-3-5-7-16/h3-13,19-21,24H,1-2H3/t19-,20-,21-,25+/m1/s1. The van der Waals surface area contributed by atoms with Crippen LogP contribution in [0.4, 0.5) is 17.1 Å². The molecule has 0 spiro atoms. The van der Waals surface area contributed by atoms with E-state index in [1.807, 2.05) is 30.3 Å². The molecule has 5 rings (SSSR count). The predicted molar refractivity (Wildman–Crippen MR) is 121 cm³/mol. The van der Waals surface area contributed by atoms with Crippen molar-refractivity contribution in [2.24, 2.45) is 22.1 Å². The number of rotatable bonds is 6. The van der Waals surface area contributed by atoms with Gasteiger partial charge in [0.15, 0.2) is 5.60 Å². The summed E-state index contributed by atoms with van der Waals surface area (Å²) >= 11 is 0. The quantitative estimate of drug-likeness (QED) is 0.206. The van der Waals surface area contributed by atoms with Crippen molar-refractivity contribution in [3.05, 3.63) is 66.7 Å². The molecule has 178 valence electrons. The van der Waals surface area contributed by atoms with Crippen LogP contribution in [0.25, 0.3) is 0 Å². The summed E-state index contributed by atoms with van der Waals surface area (Å²) in [5.41, 5.74) is 0.0119. The molecule has 4 atom stereocenters. The van der Waals surface area contributed by atoms with Gasteiger partial charge in [-0.3, -0.25) is 19.2 Å². The molecule has 2 aromatic rings. The van der Waals surface area contributed by atoms with Crippen LogP contribution in [0.1, 0.15) is 13.8 Å². The Morgan fingerprint density at radius 2 is 1.51 bits per heavy atom. The highest BCUT2D eigenvalue weighted by molar-refractivity contribution is 6.23. The van der Waals surface area contributed by atoms with Crippen molar-refractivity contribution in [2.75, 3.05) is 4.90 Å². The maximum Gasteiger partial charge on any atom is 0.305 e. The van der Waals surface area contributed by atoms with E-state index in [9.17, 15) is 19.2 Å². The zero-order valence-corrected chi connectivity index (χ0v) is 18.9. The van der Waals surface area contributed by atoms with Crippen LogP contribution in [0, 0.1) is 11.8 Å². The second kappa shape index (κ2) is 8.55. The molecule has 3 aliphatic rings. The first-order valence-corrected chi connectivity index (χ1v) is 11.0. The van der Waals surface area contributed by atoms with Gasteiger partial charge in [-0.15, -0.1) is 0 Å². The van der Waals surface area contributed by atoms with E-state index in [-0.39, 0.29) is 0 Å². The molecule has 2 saturated heterocycles. The van der Waals surface area contributed by atoms with Crippen molar-refractivity contribution >= 4 is 40.8 Å². The molecule has 3 aliphatic heterocycles. The van der Waals surface area contributed by atoms with E-state index in [2.05, 4.69) is 10.2 Å². The summed E-state index contributed by atoms with van der Waals surface area (Å²) in [5, 5.41) is 8.33. The predicted octanol–water partition coefficient (Wildman–Crippen LogP) is 3.37. The lowest BCUT2D eigenvalue weighted by Gasteiger charge is -2.34. The molecule has 35 heavy (non-hydrogen) atoms. The molecular weight excluding hydrogens is 454 g/mol. The summed E-state index contributed by atoms with van der Waals surface area (Å²) in [4.78, 5) is 51.3. The van der Waals surface area contributed by atoms with Gasteiger partial charge in [0.1, 0.15) is 0 Å². The number of hydrogen-bond acceptors (Lipinski definition) is 9. The molecule has 0 aromatic heterocycles. The Kier molecular flexibility index (Phi) is 5.52. The van der Waals surface area contributed by atoms with Gasteiger partial charge in [0.2, 0.25) is 11.8 Å². The lowest BCUT2D eigenvalue weighted by Crippen LogP contribution is -2.52. The van der Waals surface area contributed by atoms with Gasteiger partial charge in [-0.1, -0.05) is 24.3 Å². The first-order chi connectivity index (χ1) is 16.8. The number of azo groups is 1. The van der Waals surface area contributed by atoms with Gasteiger partial charge < -0.3 is 14.2 Å². The molecule has 10 heteroatoms. The molecule has 0 aliphatic carbocycles. The van der Waals surface area contributed by atoms with Crippen molar-refractivity contribution in [1.82, 2.24) is 0 Å². The summed E-state index contributed by atoms with van der Waals surface area (Å²) in [6.45, 7) is 2.31. The minimum Gasteiger partial charge on any atom is -0.422 e. The Bertz CT molecular complexity index is 1240. The minimum atomic E-state index is -1.59. The lowest BCUT2D eigenvalue weighted by molar-refractivity contribution is -0.226. The van der Waals surface area contributed by atoms with Gasteiger partial charge in [0, 0.05) is 13.8 Å². The van der Waals surface area contributed by atoms with Crippen molar-refractivity contribution in [3.63, 3.8) is 0 Å².